The number of ether oxygens (including phenoxy) is 1. The first-order chi connectivity index (χ1) is 5.88. The third-order valence-corrected chi connectivity index (χ3v) is 1.28. The van der Waals surface area contributed by atoms with Gasteiger partial charge in [-0.15, -0.1) is 13.2 Å². The minimum Gasteiger partial charge on any atom is -0.388 e. The molecule has 1 rings (SSSR count). The molecule has 2 nitrogen and oxygen atoms in total. The van der Waals surface area contributed by atoms with Crippen LogP contribution >= 0.6 is 11.6 Å². The maximum absolute atomic E-state index is 12.5. The van der Waals surface area contributed by atoms with E-state index in [4.69, 9.17) is 11.6 Å². The van der Waals surface area contributed by atoms with E-state index < -0.39 is 18.2 Å². The number of hydrogen-bond donors (Lipinski definition) is 0. The van der Waals surface area contributed by atoms with Crippen LogP contribution in [-0.4, -0.2) is 11.3 Å². The normalized spacial score (nSPS) is 11.5. The summed E-state index contributed by atoms with van der Waals surface area (Å²) < 4.78 is 50.5. The second-order valence-electron chi connectivity index (χ2n) is 1.97. The van der Waals surface area contributed by atoms with Crippen LogP contribution in [0.5, 0.6) is 5.88 Å². The Hall–Kier alpha value is -1.04. The molecule has 0 aliphatic rings. The smallest absolute Gasteiger partial charge is 0.388 e. The molecule has 0 fully saturated rings. The molecule has 1 aromatic heterocycles. The van der Waals surface area contributed by atoms with Crippen molar-refractivity contribution in [3.8, 4) is 5.88 Å². The van der Waals surface area contributed by atoms with Crippen molar-refractivity contribution in [2.75, 3.05) is 0 Å². The molecule has 0 spiro atoms. The van der Waals surface area contributed by atoms with Crippen molar-refractivity contribution in [2.45, 2.75) is 6.36 Å². The lowest BCUT2D eigenvalue weighted by Crippen LogP contribution is -2.18. The third-order valence-electron chi connectivity index (χ3n) is 0.998. The summed E-state index contributed by atoms with van der Waals surface area (Å²) in [6.45, 7) is 0. The molecule has 0 saturated heterocycles. The molecule has 0 amide bonds. The SMILES string of the molecule is Fc1nc(OC(F)(F)F)ccc1Cl. The molecular formula is C6H2ClF4NO. The van der Waals surface area contributed by atoms with Crippen LogP contribution in [0.25, 0.3) is 0 Å². The van der Waals surface area contributed by atoms with E-state index in [0.717, 1.165) is 12.1 Å². The van der Waals surface area contributed by atoms with Gasteiger partial charge >= 0.3 is 6.36 Å². The number of hydrogen-bond acceptors (Lipinski definition) is 2. The summed E-state index contributed by atoms with van der Waals surface area (Å²) in [5.41, 5.74) is 0. The highest BCUT2D eigenvalue weighted by atomic mass is 35.5. The molecule has 0 N–H and O–H groups in total. The van der Waals surface area contributed by atoms with E-state index in [1.807, 2.05) is 0 Å². The van der Waals surface area contributed by atoms with Gasteiger partial charge in [0.15, 0.2) is 0 Å². The summed E-state index contributed by atoms with van der Waals surface area (Å²) in [4.78, 5) is 2.82. The van der Waals surface area contributed by atoms with Crippen molar-refractivity contribution < 1.29 is 22.3 Å². The van der Waals surface area contributed by atoms with E-state index >= 15 is 0 Å². The summed E-state index contributed by atoms with van der Waals surface area (Å²) in [5.74, 6) is -2.09. The van der Waals surface area contributed by atoms with Crippen molar-refractivity contribution in [1.29, 1.82) is 0 Å². The van der Waals surface area contributed by atoms with Gasteiger partial charge in [0.1, 0.15) is 0 Å². The Morgan fingerprint density at radius 2 is 1.92 bits per heavy atom. The standard InChI is InChI=1S/C6H2ClF4NO/c7-3-1-2-4(12-5(3)8)13-6(9,10)11/h1-2H. The highest BCUT2D eigenvalue weighted by Crippen LogP contribution is 2.22. The van der Waals surface area contributed by atoms with Crippen LogP contribution in [0.1, 0.15) is 0 Å². The lowest BCUT2D eigenvalue weighted by molar-refractivity contribution is -0.276. The Labute approximate surface area is 75.1 Å². The first kappa shape index (κ1) is 10.0. The summed E-state index contributed by atoms with van der Waals surface area (Å²) >= 11 is 5.18. The van der Waals surface area contributed by atoms with Crippen LogP contribution in [-0.2, 0) is 0 Å². The molecule has 0 radical (unpaired) electrons. The zero-order valence-electron chi connectivity index (χ0n) is 5.90. The van der Waals surface area contributed by atoms with Crippen molar-refractivity contribution in [3.63, 3.8) is 0 Å². The molecule has 0 aliphatic carbocycles. The van der Waals surface area contributed by atoms with Gasteiger partial charge in [0.05, 0.1) is 5.02 Å². The van der Waals surface area contributed by atoms with Crippen molar-refractivity contribution in [3.05, 3.63) is 23.1 Å². The summed E-state index contributed by atoms with van der Waals surface area (Å²) in [6.07, 6.45) is -4.88. The van der Waals surface area contributed by atoms with Gasteiger partial charge in [0.2, 0.25) is 11.8 Å². The molecule has 1 heterocycles. The van der Waals surface area contributed by atoms with Gasteiger partial charge in [0.25, 0.3) is 0 Å². The third kappa shape index (κ3) is 3.06. The molecule has 13 heavy (non-hydrogen) atoms. The van der Waals surface area contributed by atoms with E-state index in [0.29, 0.717) is 0 Å². The number of halogens is 5. The number of nitrogens with zero attached hydrogens (tertiary/aromatic N) is 1. The monoisotopic (exact) mass is 215 g/mol. The van der Waals surface area contributed by atoms with Gasteiger partial charge in [-0.3, -0.25) is 0 Å². The minimum absolute atomic E-state index is 0.366. The molecule has 0 atom stereocenters. The van der Waals surface area contributed by atoms with Crippen LogP contribution in [0.4, 0.5) is 17.6 Å². The van der Waals surface area contributed by atoms with Crippen LogP contribution in [0.2, 0.25) is 5.02 Å². The Balaban J connectivity index is 2.86. The maximum atomic E-state index is 12.5. The topological polar surface area (TPSA) is 22.1 Å². The Kier molecular flexibility index (Phi) is 2.60. The van der Waals surface area contributed by atoms with Crippen LogP contribution in [0.15, 0.2) is 12.1 Å². The van der Waals surface area contributed by atoms with Gasteiger partial charge in [-0.05, 0) is 6.07 Å². The fourth-order valence-electron chi connectivity index (χ4n) is 0.576. The zero-order valence-corrected chi connectivity index (χ0v) is 6.66. The fraction of sp³-hybridized carbons (Fsp3) is 0.167. The predicted octanol–water partition coefficient (Wildman–Crippen LogP) is 2.77. The molecular weight excluding hydrogens is 214 g/mol. The Morgan fingerprint density at radius 3 is 2.38 bits per heavy atom. The zero-order chi connectivity index (χ0) is 10.1. The first-order valence-electron chi connectivity index (χ1n) is 2.96. The molecule has 0 aliphatic heterocycles. The van der Waals surface area contributed by atoms with Crippen LogP contribution in [0.3, 0.4) is 0 Å². The van der Waals surface area contributed by atoms with E-state index in [9.17, 15) is 17.6 Å². The van der Waals surface area contributed by atoms with Crippen molar-refractivity contribution in [2.24, 2.45) is 0 Å². The van der Waals surface area contributed by atoms with Crippen LogP contribution in [0, 0.1) is 5.95 Å². The lowest BCUT2D eigenvalue weighted by atomic mass is 10.5. The number of aromatic nitrogens is 1. The average Bonchev–Trinajstić information content (AvgIpc) is 1.94. The van der Waals surface area contributed by atoms with Gasteiger partial charge in [-0.2, -0.15) is 9.37 Å². The lowest BCUT2D eigenvalue weighted by Gasteiger charge is -2.07. The number of pyridine rings is 1. The van der Waals surface area contributed by atoms with E-state index in [2.05, 4.69) is 9.72 Å². The predicted molar refractivity (Wildman–Crippen MR) is 35.9 cm³/mol. The maximum Gasteiger partial charge on any atom is 0.574 e. The molecule has 7 heteroatoms. The highest BCUT2D eigenvalue weighted by Gasteiger charge is 2.31. The largest absolute Gasteiger partial charge is 0.574 e. The minimum atomic E-state index is -4.88. The van der Waals surface area contributed by atoms with E-state index in [1.165, 1.54) is 0 Å². The Bertz CT molecular complexity index is 314. The van der Waals surface area contributed by atoms with Gasteiger partial charge in [-0.25, -0.2) is 0 Å². The van der Waals surface area contributed by atoms with Gasteiger partial charge in [0, 0.05) is 6.07 Å². The molecule has 0 unspecified atom stereocenters. The molecule has 0 saturated carbocycles. The molecule has 1 aromatic rings. The van der Waals surface area contributed by atoms with Crippen molar-refractivity contribution in [1.82, 2.24) is 4.98 Å². The summed E-state index contributed by atoms with van der Waals surface area (Å²) in [7, 11) is 0. The Morgan fingerprint density at radius 1 is 1.31 bits per heavy atom. The summed E-state index contributed by atoms with van der Waals surface area (Å²) in [5, 5.41) is -0.366. The molecule has 0 bridgehead atoms. The number of alkyl halides is 3. The quantitative estimate of drug-likeness (QED) is 0.531. The highest BCUT2D eigenvalue weighted by molar-refractivity contribution is 6.30. The second kappa shape index (κ2) is 3.37. The molecule has 72 valence electrons. The van der Waals surface area contributed by atoms with Crippen molar-refractivity contribution >= 4 is 11.6 Å². The molecule has 0 aromatic carbocycles. The van der Waals surface area contributed by atoms with Crippen LogP contribution < -0.4 is 4.74 Å². The van der Waals surface area contributed by atoms with Gasteiger partial charge in [-0.1, -0.05) is 11.6 Å². The first-order valence-corrected chi connectivity index (χ1v) is 3.34. The average molecular weight is 216 g/mol. The van der Waals surface area contributed by atoms with Gasteiger partial charge < -0.3 is 4.74 Å². The number of rotatable bonds is 1. The summed E-state index contributed by atoms with van der Waals surface area (Å²) in [6, 6.07) is 1.74. The fourth-order valence-corrected chi connectivity index (χ4v) is 0.681. The van der Waals surface area contributed by atoms with E-state index in [-0.39, 0.29) is 5.02 Å². The van der Waals surface area contributed by atoms with E-state index in [1.54, 1.807) is 0 Å². The second-order valence-corrected chi connectivity index (χ2v) is 2.38.